The molecule has 1 aliphatic heterocycles. The number of carbonyl (C=O) groups is 1. The molecule has 1 aromatic heterocycles. The van der Waals surface area contributed by atoms with E-state index in [1.165, 1.54) is 0 Å². The van der Waals surface area contributed by atoms with E-state index >= 15 is 0 Å². The molecule has 2 unspecified atom stereocenters. The van der Waals surface area contributed by atoms with Crippen molar-refractivity contribution in [2.75, 3.05) is 13.2 Å². The van der Waals surface area contributed by atoms with Gasteiger partial charge in [0.05, 0.1) is 17.0 Å². The molecule has 142 valence electrons. The Morgan fingerprint density at radius 3 is 2.80 bits per heavy atom. The van der Waals surface area contributed by atoms with E-state index in [1.807, 2.05) is 26.2 Å². The minimum Gasteiger partial charge on any atom is -0.474 e. The molecule has 2 rings (SSSR count). The highest BCUT2D eigenvalue weighted by atomic mass is 32.1. The van der Waals surface area contributed by atoms with Gasteiger partial charge in [-0.1, -0.05) is 19.8 Å². The van der Waals surface area contributed by atoms with Crippen LogP contribution in [0.3, 0.4) is 0 Å². The molecule has 1 aliphatic rings. The van der Waals surface area contributed by atoms with Crippen molar-refractivity contribution >= 4 is 17.3 Å². The Kier molecular flexibility index (Phi) is 7.69. The summed E-state index contributed by atoms with van der Waals surface area (Å²) in [4.78, 5) is 16.3. The van der Waals surface area contributed by atoms with E-state index in [1.54, 1.807) is 11.3 Å². The Morgan fingerprint density at radius 1 is 1.40 bits per heavy atom. The second-order valence-corrected chi connectivity index (χ2v) is 8.47. The van der Waals surface area contributed by atoms with Crippen molar-refractivity contribution in [3.63, 3.8) is 0 Å². The van der Waals surface area contributed by atoms with Gasteiger partial charge in [0, 0.05) is 12.3 Å². The van der Waals surface area contributed by atoms with E-state index in [0.717, 1.165) is 49.6 Å². The summed E-state index contributed by atoms with van der Waals surface area (Å²) in [7, 11) is 0. The van der Waals surface area contributed by atoms with Crippen LogP contribution in [-0.4, -0.2) is 35.9 Å². The van der Waals surface area contributed by atoms with Gasteiger partial charge in [0.25, 0.3) is 0 Å². The lowest BCUT2D eigenvalue weighted by molar-refractivity contribution is -0.154. The lowest BCUT2D eigenvalue weighted by Crippen LogP contribution is -2.23. The smallest absolute Gasteiger partial charge is 0.306 e. The van der Waals surface area contributed by atoms with E-state index in [0.29, 0.717) is 18.9 Å². The average molecular weight is 370 g/mol. The van der Waals surface area contributed by atoms with Gasteiger partial charge in [-0.3, -0.25) is 4.79 Å². The first-order chi connectivity index (χ1) is 11.9. The topological polar surface area (TPSA) is 61.0 Å². The fourth-order valence-corrected chi connectivity index (χ4v) is 3.56. The molecular weight excluding hydrogens is 338 g/mol. The highest BCUT2D eigenvalue weighted by molar-refractivity contribution is 7.09. The molecule has 0 radical (unpaired) electrons. The summed E-state index contributed by atoms with van der Waals surface area (Å²) >= 11 is 1.68. The third kappa shape index (κ3) is 8.19. The van der Waals surface area contributed by atoms with Crippen LogP contribution < -0.4 is 4.74 Å². The van der Waals surface area contributed by atoms with Gasteiger partial charge in [-0.15, -0.1) is 11.3 Å². The van der Waals surface area contributed by atoms with Crippen molar-refractivity contribution in [2.45, 2.75) is 83.8 Å². The maximum absolute atomic E-state index is 11.7. The SMILES string of the molecule is CCC(CCCCCC(=O)OC(C)(C)C)c1nc(OCC2CO2)cs1. The van der Waals surface area contributed by atoms with Crippen LogP contribution in [0, 0.1) is 0 Å². The highest BCUT2D eigenvalue weighted by Crippen LogP contribution is 2.31. The van der Waals surface area contributed by atoms with Crippen molar-refractivity contribution in [1.82, 2.24) is 4.98 Å². The second-order valence-electron chi connectivity index (χ2n) is 7.58. The maximum atomic E-state index is 11.7. The fraction of sp³-hybridized carbons (Fsp3) is 0.789. The Bertz CT molecular complexity index is 534. The van der Waals surface area contributed by atoms with Crippen molar-refractivity contribution in [1.29, 1.82) is 0 Å². The molecule has 0 N–H and O–H groups in total. The first-order valence-corrected chi connectivity index (χ1v) is 10.2. The van der Waals surface area contributed by atoms with Gasteiger partial charge in [-0.05, 0) is 40.0 Å². The zero-order chi connectivity index (χ0) is 18.3. The molecule has 2 atom stereocenters. The van der Waals surface area contributed by atoms with Crippen LogP contribution in [0.15, 0.2) is 5.38 Å². The summed E-state index contributed by atoms with van der Waals surface area (Å²) in [6.07, 6.45) is 5.98. The third-order valence-electron chi connectivity index (χ3n) is 4.02. The van der Waals surface area contributed by atoms with Gasteiger partial charge in [0.2, 0.25) is 5.88 Å². The minimum atomic E-state index is -0.388. The zero-order valence-electron chi connectivity index (χ0n) is 15.9. The first-order valence-electron chi connectivity index (χ1n) is 9.29. The Morgan fingerprint density at radius 2 is 2.16 bits per heavy atom. The summed E-state index contributed by atoms with van der Waals surface area (Å²) in [5.74, 6) is 1.10. The number of esters is 1. The largest absolute Gasteiger partial charge is 0.474 e. The van der Waals surface area contributed by atoms with E-state index in [4.69, 9.17) is 14.2 Å². The number of aromatic nitrogens is 1. The number of hydrogen-bond acceptors (Lipinski definition) is 6. The van der Waals surface area contributed by atoms with Crippen molar-refractivity contribution in [2.24, 2.45) is 0 Å². The molecule has 25 heavy (non-hydrogen) atoms. The normalized spacial score (nSPS) is 18.0. The lowest BCUT2D eigenvalue weighted by Gasteiger charge is -2.19. The molecule has 0 bridgehead atoms. The van der Waals surface area contributed by atoms with Crippen LogP contribution in [0.2, 0.25) is 0 Å². The number of rotatable bonds is 11. The van der Waals surface area contributed by atoms with Crippen LogP contribution in [0.4, 0.5) is 0 Å². The summed E-state index contributed by atoms with van der Waals surface area (Å²) in [6.45, 7) is 9.31. The first kappa shape index (κ1) is 20.2. The summed E-state index contributed by atoms with van der Waals surface area (Å²) < 4.78 is 16.1. The van der Waals surface area contributed by atoms with Crippen LogP contribution in [0.5, 0.6) is 5.88 Å². The fourth-order valence-electron chi connectivity index (χ4n) is 2.60. The summed E-state index contributed by atoms with van der Waals surface area (Å²) in [6, 6.07) is 0. The number of nitrogens with zero attached hydrogens (tertiary/aromatic N) is 1. The molecular formula is C19H31NO4S. The second kappa shape index (κ2) is 9.53. The number of epoxide rings is 1. The standard InChI is InChI=1S/C19H31NO4S/c1-5-14(9-7-6-8-10-17(21)24-19(2,3)4)18-20-16(13-25-18)23-12-15-11-22-15/h13-15H,5-12H2,1-4H3. The number of unbranched alkanes of at least 4 members (excludes halogenated alkanes) is 2. The molecule has 6 heteroatoms. The van der Waals surface area contributed by atoms with E-state index in [9.17, 15) is 4.79 Å². The Hall–Kier alpha value is -1.14. The molecule has 5 nitrogen and oxygen atoms in total. The van der Waals surface area contributed by atoms with Crippen LogP contribution in [0.1, 0.15) is 77.1 Å². The minimum absolute atomic E-state index is 0.0964. The molecule has 0 aliphatic carbocycles. The Balaban J connectivity index is 1.63. The molecule has 1 saturated heterocycles. The van der Waals surface area contributed by atoms with Gasteiger partial charge >= 0.3 is 5.97 Å². The Labute approximate surface area is 155 Å². The van der Waals surface area contributed by atoms with Gasteiger partial charge in [0.1, 0.15) is 18.3 Å². The number of hydrogen-bond donors (Lipinski definition) is 0. The number of carbonyl (C=O) groups excluding carboxylic acids is 1. The zero-order valence-corrected chi connectivity index (χ0v) is 16.7. The summed E-state index contributed by atoms with van der Waals surface area (Å²) in [5.41, 5.74) is -0.388. The third-order valence-corrected chi connectivity index (χ3v) is 5.00. The summed E-state index contributed by atoms with van der Waals surface area (Å²) in [5, 5.41) is 3.14. The lowest BCUT2D eigenvalue weighted by atomic mass is 9.99. The molecule has 1 fully saturated rings. The van der Waals surface area contributed by atoms with Gasteiger partial charge < -0.3 is 14.2 Å². The monoisotopic (exact) mass is 369 g/mol. The molecule has 0 saturated carbocycles. The van der Waals surface area contributed by atoms with Gasteiger partial charge in [-0.2, -0.15) is 0 Å². The average Bonchev–Trinajstić information content (AvgIpc) is 3.24. The number of thiazole rings is 1. The van der Waals surface area contributed by atoms with E-state index in [2.05, 4.69) is 11.9 Å². The molecule has 2 heterocycles. The van der Waals surface area contributed by atoms with E-state index < -0.39 is 0 Å². The predicted octanol–water partition coefficient (Wildman–Crippen LogP) is 4.71. The van der Waals surface area contributed by atoms with Crippen LogP contribution >= 0.6 is 11.3 Å². The van der Waals surface area contributed by atoms with Crippen LogP contribution in [-0.2, 0) is 14.3 Å². The van der Waals surface area contributed by atoms with Crippen molar-refractivity contribution < 1.29 is 19.0 Å². The number of ether oxygens (including phenoxy) is 3. The molecule has 0 aromatic carbocycles. The van der Waals surface area contributed by atoms with Crippen molar-refractivity contribution in [3.05, 3.63) is 10.4 Å². The highest BCUT2D eigenvalue weighted by Gasteiger charge is 2.24. The van der Waals surface area contributed by atoms with Gasteiger partial charge in [0.15, 0.2) is 0 Å². The molecule has 0 spiro atoms. The van der Waals surface area contributed by atoms with E-state index in [-0.39, 0.29) is 17.7 Å². The van der Waals surface area contributed by atoms with Crippen LogP contribution in [0.25, 0.3) is 0 Å². The quantitative estimate of drug-likeness (QED) is 0.321. The maximum Gasteiger partial charge on any atom is 0.306 e. The van der Waals surface area contributed by atoms with Crippen molar-refractivity contribution in [3.8, 4) is 5.88 Å². The molecule has 1 aromatic rings. The predicted molar refractivity (Wildman–Crippen MR) is 99.3 cm³/mol. The van der Waals surface area contributed by atoms with Gasteiger partial charge in [-0.25, -0.2) is 4.98 Å². The molecule has 0 amide bonds.